The second-order valence-electron chi connectivity index (χ2n) is 3.84. The zero-order chi connectivity index (χ0) is 13.7. The van der Waals surface area contributed by atoms with Gasteiger partial charge in [0.1, 0.15) is 6.04 Å². The van der Waals surface area contributed by atoms with E-state index in [9.17, 15) is 19.2 Å². The first-order valence-electron chi connectivity index (χ1n) is 5.31. The van der Waals surface area contributed by atoms with Gasteiger partial charge in [-0.1, -0.05) is 0 Å². The first-order chi connectivity index (χ1) is 8.41. The Balaban J connectivity index is 2.38. The number of imide groups is 1. The van der Waals surface area contributed by atoms with Gasteiger partial charge in [0.25, 0.3) is 5.91 Å². The number of carbonyl (C=O) groups is 4. The molecule has 100 valence electrons. The van der Waals surface area contributed by atoms with Crippen LogP contribution in [-0.2, 0) is 19.2 Å². The van der Waals surface area contributed by atoms with Crippen LogP contribution < -0.4 is 5.32 Å². The van der Waals surface area contributed by atoms with Crippen LogP contribution in [0.15, 0.2) is 0 Å². The molecule has 1 atom stereocenters. The number of rotatable bonds is 5. The lowest BCUT2D eigenvalue weighted by molar-refractivity contribution is -0.149. The van der Waals surface area contributed by atoms with Gasteiger partial charge in [-0.15, -0.1) is 11.8 Å². The van der Waals surface area contributed by atoms with E-state index in [0.29, 0.717) is 0 Å². The summed E-state index contributed by atoms with van der Waals surface area (Å²) in [5, 5.41) is 10.9. The monoisotopic (exact) mass is 274 g/mol. The summed E-state index contributed by atoms with van der Waals surface area (Å²) in [6.45, 7) is 0. The Hall–Kier alpha value is -1.57. The third-order valence-corrected chi connectivity index (χ3v) is 3.36. The molecule has 0 aromatic heterocycles. The Labute approximate surface area is 108 Å². The van der Waals surface area contributed by atoms with Crippen molar-refractivity contribution in [1.82, 2.24) is 10.2 Å². The number of hydrogen-bond donors (Lipinski definition) is 2. The van der Waals surface area contributed by atoms with Gasteiger partial charge >= 0.3 is 5.97 Å². The van der Waals surface area contributed by atoms with Crippen molar-refractivity contribution in [2.75, 3.05) is 18.6 Å². The number of piperidine rings is 1. The summed E-state index contributed by atoms with van der Waals surface area (Å²) in [6.07, 6.45) is 0.507. The standard InChI is InChI=1S/C10H14N2O5S/c1-12-8(14)3-2-6(10(12)17)11-7(13)4-18-5-9(15)16/h6H,2-5H2,1H3,(H,11,13)(H,15,16). The lowest BCUT2D eigenvalue weighted by Gasteiger charge is -2.28. The highest BCUT2D eigenvalue weighted by Crippen LogP contribution is 2.11. The Kier molecular flexibility index (Phi) is 5.14. The van der Waals surface area contributed by atoms with E-state index in [1.54, 1.807) is 0 Å². The molecular weight excluding hydrogens is 260 g/mol. The molecule has 3 amide bonds. The van der Waals surface area contributed by atoms with Gasteiger partial charge in [0.05, 0.1) is 11.5 Å². The number of nitrogens with one attached hydrogen (secondary N) is 1. The third kappa shape index (κ3) is 4.02. The molecule has 0 saturated carbocycles. The minimum atomic E-state index is -0.994. The maximum Gasteiger partial charge on any atom is 0.313 e. The Morgan fingerprint density at radius 3 is 2.72 bits per heavy atom. The van der Waals surface area contributed by atoms with E-state index in [1.807, 2.05) is 0 Å². The van der Waals surface area contributed by atoms with Crippen molar-refractivity contribution in [3.05, 3.63) is 0 Å². The molecule has 0 radical (unpaired) electrons. The highest BCUT2D eigenvalue weighted by atomic mass is 32.2. The minimum Gasteiger partial charge on any atom is -0.481 e. The lowest BCUT2D eigenvalue weighted by Crippen LogP contribution is -2.53. The molecule has 1 aliphatic heterocycles. The van der Waals surface area contributed by atoms with E-state index >= 15 is 0 Å². The summed E-state index contributed by atoms with van der Waals surface area (Å²) in [5.74, 6) is -2.26. The molecule has 1 heterocycles. The predicted molar refractivity (Wildman–Crippen MR) is 63.9 cm³/mol. The van der Waals surface area contributed by atoms with Crippen LogP contribution >= 0.6 is 11.8 Å². The molecule has 7 nitrogen and oxygen atoms in total. The number of carbonyl (C=O) groups excluding carboxylic acids is 3. The Bertz CT molecular complexity index is 384. The van der Waals surface area contributed by atoms with Crippen molar-refractivity contribution in [3.8, 4) is 0 Å². The fourth-order valence-electron chi connectivity index (χ4n) is 1.52. The number of amides is 3. The second kappa shape index (κ2) is 6.39. The molecule has 8 heteroatoms. The fourth-order valence-corrected chi connectivity index (χ4v) is 2.06. The van der Waals surface area contributed by atoms with Crippen LogP contribution in [0.4, 0.5) is 0 Å². The Morgan fingerprint density at radius 2 is 2.11 bits per heavy atom. The molecule has 1 fully saturated rings. The molecule has 1 unspecified atom stereocenters. The van der Waals surface area contributed by atoms with Crippen LogP contribution in [0.5, 0.6) is 0 Å². The summed E-state index contributed by atoms with van der Waals surface area (Å²) < 4.78 is 0. The minimum absolute atomic E-state index is 0.0201. The van der Waals surface area contributed by atoms with E-state index in [4.69, 9.17) is 5.11 Å². The quantitative estimate of drug-likeness (QED) is 0.628. The maximum absolute atomic E-state index is 11.6. The Morgan fingerprint density at radius 1 is 1.44 bits per heavy atom. The summed E-state index contributed by atoms with van der Waals surface area (Å²) in [5.41, 5.74) is 0. The molecule has 0 aromatic rings. The largest absolute Gasteiger partial charge is 0.481 e. The van der Waals surface area contributed by atoms with Crippen molar-refractivity contribution < 1.29 is 24.3 Å². The first kappa shape index (κ1) is 14.5. The van der Waals surface area contributed by atoms with Crippen molar-refractivity contribution in [1.29, 1.82) is 0 Å². The number of hydrogen-bond acceptors (Lipinski definition) is 5. The van der Waals surface area contributed by atoms with Crippen LogP contribution in [0.2, 0.25) is 0 Å². The highest BCUT2D eigenvalue weighted by Gasteiger charge is 2.32. The van der Waals surface area contributed by atoms with Crippen LogP contribution in [0.1, 0.15) is 12.8 Å². The van der Waals surface area contributed by atoms with E-state index in [1.165, 1.54) is 7.05 Å². The number of carboxylic acid groups (broad SMARTS) is 1. The van der Waals surface area contributed by atoms with Crippen LogP contribution in [0.3, 0.4) is 0 Å². The van der Waals surface area contributed by atoms with Crippen molar-refractivity contribution in [2.45, 2.75) is 18.9 Å². The van der Waals surface area contributed by atoms with Gasteiger partial charge in [-0.2, -0.15) is 0 Å². The van der Waals surface area contributed by atoms with E-state index < -0.39 is 23.8 Å². The smallest absolute Gasteiger partial charge is 0.313 e. The molecule has 0 aromatic carbocycles. The molecule has 1 rings (SSSR count). The van der Waals surface area contributed by atoms with Gasteiger partial charge in [-0.3, -0.25) is 24.1 Å². The molecule has 1 aliphatic rings. The second-order valence-corrected chi connectivity index (χ2v) is 4.82. The van der Waals surface area contributed by atoms with Crippen LogP contribution in [-0.4, -0.2) is 58.3 Å². The molecular formula is C10H14N2O5S. The van der Waals surface area contributed by atoms with Gasteiger partial charge in [0, 0.05) is 13.5 Å². The molecule has 0 aliphatic carbocycles. The average molecular weight is 274 g/mol. The molecule has 18 heavy (non-hydrogen) atoms. The van der Waals surface area contributed by atoms with Crippen molar-refractivity contribution in [2.24, 2.45) is 0 Å². The number of aliphatic carboxylic acids is 1. The van der Waals surface area contributed by atoms with Gasteiger partial charge in [-0.25, -0.2) is 0 Å². The normalized spacial score (nSPS) is 19.8. The summed E-state index contributed by atoms with van der Waals surface area (Å²) in [7, 11) is 1.38. The zero-order valence-corrected chi connectivity index (χ0v) is 10.7. The molecule has 1 saturated heterocycles. The summed E-state index contributed by atoms with van der Waals surface area (Å²) >= 11 is 0.957. The van der Waals surface area contributed by atoms with Crippen molar-refractivity contribution >= 4 is 35.5 Å². The summed E-state index contributed by atoms with van der Waals surface area (Å²) in [6, 6.07) is -0.689. The summed E-state index contributed by atoms with van der Waals surface area (Å²) in [4.78, 5) is 45.5. The molecule has 0 bridgehead atoms. The van der Waals surface area contributed by atoms with Gasteiger partial charge < -0.3 is 10.4 Å². The van der Waals surface area contributed by atoms with E-state index in [2.05, 4.69) is 5.32 Å². The number of likely N-dealkylation sites (tertiary alicyclic amines) is 1. The zero-order valence-electron chi connectivity index (χ0n) is 9.84. The van der Waals surface area contributed by atoms with Crippen LogP contribution in [0, 0.1) is 0 Å². The fraction of sp³-hybridized carbons (Fsp3) is 0.600. The number of likely N-dealkylation sites (N-methyl/N-ethyl adjacent to an activating group) is 1. The number of nitrogens with zero attached hydrogens (tertiary/aromatic N) is 1. The van der Waals surface area contributed by atoms with Gasteiger partial charge in [0.15, 0.2) is 0 Å². The number of thioether (sulfide) groups is 1. The topological polar surface area (TPSA) is 104 Å². The third-order valence-electron chi connectivity index (χ3n) is 2.44. The first-order valence-corrected chi connectivity index (χ1v) is 6.46. The highest BCUT2D eigenvalue weighted by molar-refractivity contribution is 8.00. The SMILES string of the molecule is CN1C(=O)CCC(NC(=O)CSCC(=O)O)C1=O. The van der Waals surface area contributed by atoms with E-state index in [0.717, 1.165) is 16.7 Å². The van der Waals surface area contributed by atoms with Gasteiger partial charge in [-0.05, 0) is 6.42 Å². The number of carboxylic acids is 1. The van der Waals surface area contributed by atoms with Gasteiger partial charge in [0.2, 0.25) is 11.8 Å². The van der Waals surface area contributed by atoms with E-state index in [-0.39, 0.29) is 30.3 Å². The molecule has 0 spiro atoms. The lowest BCUT2D eigenvalue weighted by atomic mass is 10.0. The van der Waals surface area contributed by atoms with Crippen molar-refractivity contribution in [3.63, 3.8) is 0 Å². The average Bonchev–Trinajstić information content (AvgIpc) is 2.29. The van der Waals surface area contributed by atoms with Crippen LogP contribution in [0.25, 0.3) is 0 Å². The molecule has 2 N–H and O–H groups in total. The predicted octanol–water partition coefficient (Wildman–Crippen LogP) is -0.932. The maximum atomic E-state index is 11.6.